The van der Waals surface area contributed by atoms with Crippen molar-refractivity contribution in [1.82, 2.24) is 0 Å². The van der Waals surface area contributed by atoms with Crippen molar-refractivity contribution in [2.45, 2.75) is 6.92 Å². The molecule has 0 spiro atoms. The molecule has 0 saturated heterocycles. The number of hydrogen-bond acceptors (Lipinski definition) is 4. The number of hydrogen-bond donors (Lipinski definition) is 1. The van der Waals surface area contributed by atoms with Gasteiger partial charge in [-0.3, -0.25) is 9.59 Å². The predicted molar refractivity (Wildman–Crippen MR) is 92.8 cm³/mol. The van der Waals surface area contributed by atoms with Gasteiger partial charge in [0.1, 0.15) is 0 Å². The van der Waals surface area contributed by atoms with Crippen molar-refractivity contribution < 1.29 is 14.4 Å². The van der Waals surface area contributed by atoms with E-state index >= 15 is 0 Å². The van der Waals surface area contributed by atoms with E-state index in [1.165, 1.54) is 13.1 Å². The average molecular weight is 375 g/mol. The van der Waals surface area contributed by atoms with Gasteiger partial charge in [0.2, 0.25) is 0 Å². The summed E-state index contributed by atoms with van der Waals surface area (Å²) in [7, 11) is 0. The molecule has 23 heavy (non-hydrogen) atoms. The summed E-state index contributed by atoms with van der Waals surface area (Å²) < 4.78 is 0.978. The summed E-state index contributed by atoms with van der Waals surface area (Å²) in [5.41, 5.74) is 2.06. The number of anilines is 1. The minimum Gasteiger partial charge on any atom is -0.386 e. The summed E-state index contributed by atoms with van der Waals surface area (Å²) in [5, 5.41) is 6.40. The standard InChI is InChI=1S/C17H15BrN2O3/c1-12(21)14-4-8-16(9-5-14)20-17(22)11-23-19-10-13-2-6-15(18)7-3-13/h2-10H,11H2,1H3,(H,20,22)/b19-10-. The molecular formula is C17H15BrN2O3. The Hall–Kier alpha value is -2.47. The van der Waals surface area contributed by atoms with Gasteiger partial charge in [0.15, 0.2) is 12.4 Å². The second kappa shape index (κ2) is 8.24. The fourth-order valence-electron chi connectivity index (χ4n) is 1.73. The monoisotopic (exact) mass is 374 g/mol. The summed E-state index contributed by atoms with van der Waals surface area (Å²) in [5.74, 6) is -0.345. The molecule has 0 aliphatic rings. The van der Waals surface area contributed by atoms with Crippen molar-refractivity contribution in [2.75, 3.05) is 11.9 Å². The maximum absolute atomic E-state index is 11.7. The maximum Gasteiger partial charge on any atom is 0.265 e. The Morgan fingerprint density at radius 2 is 1.78 bits per heavy atom. The van der Waals surface area contributed by atoms with Crippen LogP contribution in [-0.2, 0) is 9.63 Å². The van der Waals surface area contributed by atoms with Gasteiger partial charge in [-0.1, -0.05) is 33.2 Å². The highest BCUT2D eigenvalue weighted by atomic mass is 79.9. The lowest BCUT2D eigenvalue weighted by atomic mass is 10.1. The molecule has 118 valence electrons. The molecule has 0 saturated carbocycles. The molecule has 0 unspecified atom stereocenters. The average Bonchev–Trinajstić information content (AvgIpc) is 2.54. The molecule has 0 aliphatic carbocycles. The number of oxime groups is 1. The van der Waals surface area contributed by atoms with Crippen LogP contribution in [0, 0.1) is 0 Å². The van der Waals surface area contributed by atoms with E-state index in [0.717, 1.165) is 10.0 Å². The molecular weight excluding hydrogens is 360 g/mol. The Morgan fingerprint density at radius 1 is 1.13 bits per heavy atom. The van der Waals surface area contributed by atoms with Crippen LogP contribution in [0.15, 0.2) is 58.2 Å². The quantitative estimate of drug-likeness (QED) is 0.476. The van der Waals surface area contributed by atoms with E-state index in [9.17, 15) is 9.59 Å². The van der Waals surface area contributed by atoms with Gasteiger partial charge in [0.25, 0.3) is 5.91 Å². The van der Waals surface area contributed by atoms with E-state index in [1.807, 2.05) is 24.3 Å². The van der Waals surface area contributed by atoms with Crippen LogP contribution in [0.25, 0.3) is 0 Å². The summed E-state index contributed by atoms with van der Waals surface area (Å²) >= 11 is 3.34. The van der Waals surface area contributed by atoms with E-state index < -0.39 is 0 Å². The molecule has 5 nitrogen and oxygen atoms in total. The SMILES string of the molecule is CC(=O)c1ccc(NC(=O)CO/N=C\c2ccc(Br)cc2)cc1. The van der Waals surface area contributed by atoms with Gasteiger partial charge in [-0.25, -0.2) is 0 Å². The highest BCUT2D eigenvalue weighted by Crippen LogP contribution is 2.10. The van der Waals surface area contributed by atoms with Crippen LogP contribution in [0.2, 0.25) is 0 Å². The first-order valence-corrected chi connectivity index (χ1v) is 7.65. The molecule has 0 atom stereocenters. The van der Waals surface area contributed by atoms with Gasteiger partial charge < -0.3 is 10.2 Å². The Bertz CT molecular complexity index is 710. The number of Topliss-reactive ketones (excluding diaryl/α,β-unsaturated/α-hetero) is 1. The molecule has 1 amide bonds. The van der Waals surface area contributed by atoms with Crippen molar-refractivity contribution in [3.8, 4) is 0 Å². The van der Waals surface area contributed by atoms with Crippen LogP contribution in [0.4, 0.5) is 5.69 Å². The summed E-state index contributed by atoms with van der Waals surface area (Å²) in [6, 6.07) is 14.2. The fraction of sp³-hybridized carbons (Fsp3) is 0.118. The number of ketones is 1. The normalized spacial score (nSPS) is 10.5. The Balaban J connectivity index is 1.78. The lowest BCUT2D eigenvalue weighted by Gasteiger charge is -2.04. The molecule has 0 aromatic heterocycles. The zero-order valence-corrected chi connectivity index (χ0v) is 14.0. The lowest BCUT2D eigenvalue weighted by Crippen LogP contribution is -2.17. The molecule has 0 heterocycles. The first-order valence-electron chi connectivity index (χ1n) is 6.86. The van der Waals surface area contributed by atoms with Crippen LogP contribution >= 0.6 is 15.9 Å². The van der Waals surface area contributed by atoms with Crippen molar-refractivity contribution >= 4 is 39.5 Å². The van der Waals surface area contributed by atoms with Gasteiger partial charge in [0, 0.05) is 15.7 Å². The van der Waals surface area contributed by atoms with Crippen molar-refractivity contribution in [1.29, 1.82) is 0 Å². The zero-order chi connectivity index (χ0) is 16.7. The van der Waals surface area contributed by atoms with Gasteiger partial charge in [-0.15, -0.1) is 0 Å². The number of halogens is 1. The number of nitrogens with one attached hydrogen (secondary N) is 1. The molecule has 0 radical (unpaired) electrons. The largest absolute Gasteiger partial charge is 0.386 e. The highest BCUT2D eigenvalue weighted by Gasteiger charge is 2.04. The Kier molecular flexibility index (Phi) is 6.05. The molecule has 2 aromatic rings. The third-order valence-corrected chi connectivity index (χ3v) is 3.45. The number of amides is 1. The second-order valence-corrected chi connectivity index (χ2v) is 5.66. The predicted octanol–water partition coefficient (Wildman–Crippen LogP) is 3.64. The molecule has 0 fully saturated rings. The van der Waals surface area contributed by atoms with Crippen LogP contribution in [0.3, 0.4) is 0 Å². The minimum absolute atomic E-state index is 0.0199. The first kappa shape index (κ1) is 16.9. The second-order valence-electron chi connectivity index (χ2n) is 4.74. The number of carbonyl (C=O) groups excluding carboxylic acids is 2. The zero-order valence-electron chi connectivity index (χ0n) is 12.5. The number of rotatable bonds is 6. The maximum atomic E-state index is 11.7. The summed E-state index contributed by atoms with van der Waals surface area (Å²) in [6.45, 7) is 1.30. The van der Waals surface area contributed by atoms with E-state index in [4.69, 9.17) is 4.84 Å². The minimum atomic E-state index is -0.325. The van der Waals surface area contributed by atoms with Crippen LogP contribution in [0.5, 0.6) is 0 Å². The molecule has 2 rings (SSSR count). The van der Waals surface area contributed by atoms with E-state index in [2.05, 4.69) is 26.4 Å². The highest BCUT2D eigenvalue weighted by molar-refractivity contribution is 9.10. The van der Waals surface area contributed by atoms with Crippen LogP contribution in [-0.4, -0.2) is 24.5 Å². The lowest BCUT2D eigenvalue weighted by molar-refractivity contribution is -0.120. The number of benzene rings is 2. The molecule has 0 bridgehead atoms. The van der Waals surface area contributed by atoms with Gasteiger partial charge in [0.05, 0.1) is 6.21 Å². The van der Waals surface area contributed by atoms with E-state index in [1.54, 1.807) is 24.3 Å². The van der Waals surface area contributed by atoms with Crippen molar-refractivity contribution in [3.63, 3.8) is 0 Å². The molecule has 2 aromatic carbocycles. The van der Waals surface area contributed by atoms with Crippen molar-refractivity contribution in [3.05, 3.63) is 64.1 Å². The van der Waals surface area contributed by atoms with Crippen molar-refractivity contribution in [2.24, 2.45) is 5.16 Å². The Morgan fingerprint density at radius 3 is 2.39 bits per heavy atom. The van der Waals surface area contributed by atoms with Crippen LogP contribution in [0.1, 0.15) is 22.8 Å². The van der Waals surface area contributed by atoms with E-state index in [-0.39, 0.29) is 18.3 Å². The molecule has 6 heteroatoms. The number of nitrogens with zero attached hydrogens (tertiary/aromatic N) is 1. The van der Waals surface area contributed by atoms with Gasteiger partial charge in [-0.2, -0.15) is 0 Å². The topological polar surface area (TPSA) is 67.8 Å². The van der Waals surface area contributed by atoms with Gasteiger partial charge in [-0.05, 0) is 48.9 Å². The van der Waals surface area contributed by atoms with Gasteiger partial charge >= 0.3 is 0 Å². The smallest absolute Gasteiger partial charge is 0.265 e. The summed E-state index contributed by atoms with van der Waals surface area (Å²) in [4.78, 5) is 27.8. The van der Waals surface area contributed by atoms with Crippen LogP contribution < -0.4 is 5.32 Å². The summed E-state index contributed by atoms with van der Waals surface area (Å²) in [6.07, 6.45) is 1.53. The Labute approximate surface area is 142 Å². The molecule has 0 aliphatic heterocycles. The number of carbonyl (C=O) groups is 2. The molecule has 1 N–H and O–H groups in total. The third kappa shape index (κ3) is 5.67. The fourth-order valence-corrected chi connectivity index (χ4v) is 1.99. The third-order valence-electron chi connectivity index (χ3n) is 2.92. The first-order chi connectivity index (χ1) is 11.0. The van der Waals surface area contributed by atoms with E-state index in [0.29, 0.717) is 11.3 Å².